The van der Waals surface area contributed by atoms with Crippen molar-refractivity contribution in [3.8, 4) is 11.3 Å². The van der Waals surface area contributed by atoms with Gasteiger partial charge in [-0.05, 0) is 45.1 Å². The van der Waals surface area contributed by atoms with Crippen molar-refractivity contribution in [2.45, 2.75) is 39.3 Å². The van der Waals surface area contributed by atoms with Gasteiger partial charge in [0.2, 0.25) is 0 Å². The molecular weight excluding hydrogens is 380 g/mol. The van der Waals surface area contributed by atoms with E-state index < -0.39 is 17.7 Å². The van der Waals surface area contributed by atoms with E-state index in [2.05, 4.69) is 15.4 Å². The van der Waals surface area contributed by atoms with E-state index in [0.717, 1.165) is 30.0 Å². The van der Waals surface area contributed by atoms with Gasteiger partial charge in [0, 0.05) is 30.6 Å². The minimum Gasteiger partial charge on any atom is -0.477 e. The van der Waals surface area contributed by atoms with E-state index in [1.54, 1.807) is 30.1 Å². The lowest BCUT2D eigenvalue weighted by Crippen LogP contribution is -2.33. The van der Waals surface area contributed by atoms with Crippen LogP contribution >= 0.6 is 11.8 Å². The van der Waals surface area contributed by atoms with Gasteiger partial charge in [0.25, 0.3) is 0 Å². The molecule has 0 fully saturated rings. The van der Waals surface area contributed by atoms with Gasteiger partial charge < -0.3 is 15.2 Å². The topological polar surface area (TPSA) is 106 Å². The normalized spacial score (nSPS) is 11.2. The first-order valence-corrected chi connectivity index (χ1v) is 10.2. The summed E-state index contributed by atoms with van der Waals surface area (Å²) in [5, 5.41) is 16.1. The molecule has 28 heavy (non-hydrogen) atoms. The number of thioether (sulfide) groups is 1. The number of aryl methyl sites for hydroxylation is 1. The van der Waals surface area contributed by atoms with E-state index in [9.17, 15) is 9.59 Å². The maximum atomic E-state index is 11.5. The summed E-state index contributed by atoms with van der Waals surface area (Å²) in [5.74, 6) is 0.709. The summed E-state index contributed by atoms with van der Waals surface area (Å²) in [6, 6.07) is 4.90. The zero-order valence-corrected chi connectivity index (χ0v) is 17.2. The lowest BCUT2D eigenvalue weighted by Gasteiger charge is -2.19. The number of amides is 1. The molecule has 0 aliphatic heterocycles. The van der Waals surface area contributed by atoms with Crippen molar-refractivity contribution in [3.63, 3.8) is 0 Å². The van der Waals surface area contributed by atoms with E-state index >= 15 is 0 Å². The van der Waals surface area contributed by atoms with Crippen LogP contribution in [0.2, 0.25) is 0 Å². The maximum Gasteiger partial charge on any atom is 0.407 e. The molecule has 0 aliphatic rings. The number of aromatic carboxylic acids is 1. The van der Waals surface area contributed by atoms with Gasteiger partial charge in [0.1, 0.15) is 11.3 Å². The molecule has 0 unspecified atom stereocenters. The molecule has 0 atom stereocenters. The molecule has 1 amide bonds. The summed E-state index contributed by atoms with van der Waals surface area (Å²) in [7, 11) is 0. The van der Waals surface area contributed by atoms with Crippen LogP contribution in [0.25, 0.3) is 11.3 Å². The molecule has 0 bridgehead atoms. The number of nitrogens with zero attached hydrogens (tertiary/aromatic N) is 3. The number of pyridine rings is 1. The highest BCUT2D eigenvalue weighted by molar-refractivity contribution is 7.99. The molecule has 152 valence electrons. The molecule has 2 heterocycles. The van der Waals surface area contributed by atoms with E-state index in [0.29, 0.717) is 12.2 Å². The molecule has 2 N–H and O–H groups in total. The first-order chi connectivity index (χ1) is 13.2. The molecule has 2 aromatic rings. The molecule has 0 aliphatic carbocycles. The number of carboxylic acid groups (broad SMARTS) is 1. The van der Waals surface area contributed by atoms with Crippen molar-refractivity contribution in [1.82, 2.24) is 20.1 Å². The van der Waals surface area contributed by atoms with E-state index in [-0.39, 0.29) is 5.69 Å². The number of hydrogen-bond acceptors (Lipinski definition) is 6. The number of alkyl carbamates (subject to hydrolysis) is 1. The number of rotatable bonds is 9. The molecule has 9 heteroatoms. The lowest BCUT2D eigenvalue weighted by molar-refractivity contribution is 0.0530. The Hall–Kier alpha value is -2.55. The molecule has 0 saturated heterocycles. The first kappa shape index (κ1) is 21.7. The number of carboxylic acids is 1. The Balaban J connectivity index is 1.66. The summed E-state index contributed by atoms with van der Waals surface area (Å²) < 4.78 is 7.00. The van der Waals surface area contributed by atoms with Gasteiger partial charge >= 0.3 is 12.1 Å². The highest BCUT2D eigenvalue weighted by atomic mass is 32.2. The van der Waals surface area contributed by atoms with Crippen LogP contribution in [0.4, 0.5) is 4.79 Å². The number of nitrogens with one attached hydrogen (secondary N) is 1. The Morgan fingerprint density at radius 3 is 2.79 bits per heavy atom. The predicted octanol–water partition coefficient (Wildman–Crippen LogP) is 3.29. The zero-order valence-electron chi connectivity index (χ0n) is 16.3. The van der Waals surface area contributed by atoms with Crippen LogP contribution in [0.5, 0.6) is 0 Å². The minimum atomic E-state index is -1.05. The van der Waals surface area contributed by atoms with Gasteiger partial charge in [-0.3, -0.25) is 4.68 Å². The maximum absolute atomic E-state index is 11.5. The number of aromatic nitrogens is 3. The van der Waals surface area contributed by atoms with E-state index in [1.165, 1.54) is 6.07 Å². The average Bonchev–Trinajstić information content (AvgIpc) is 3.08. The molecule has 0 aromatic carbocycles. The minimum absolute atomic E-state index is 0.0154. The summed E-state index contributed by atoms with van der Waals surface area (Å²) in [6.07, 6.45) is 4.09. The summed E-state index contributed by atoms with van der Waals surface area (Å²) >= 11 is 1.75. The average molecular weight is 407 g/mol. The summed E-state index contributed by atoms with van der Waals surface area (Å²) in [4.78, 5) is 26.7. The van der Waals surface area contributed by atoms with Crippen LogP contribution in [0, 0.1) is 0 Å². The van der Waals surface area contributed by atoms with E-state index in [4.69, 9.17) is 9.84 Å². The molecule has 2 aromatic heterocycles. The Labute approximate surface area is 168 Å². The van der Waals surface area contributed by atoms with Crippen LogP contribution in [0.1, 0.15) is 37.7 Å². The van der Waals surface area contributed by atoms with Crippen LogP contribution < -0.4 is 5.32 Å². The number of carbonyl (C=O) groups is 2. The van der Waals surface area contributed by atoms with Gasteiger partial charge in [-0.1, -0.05) is 6.07 Å². The zero-order chi connectivity index (χ0) is 20.6. The monoisotopic (exact) mass is 406 g/mol. The SMILES string of the molecule is CC(C)(C)OC(=O)NCCSCCCn1cc(-c2cccc(C(=O)O)n2)cn1. The fraction of sp³-hybridized carbons (Fsp3) is 0.474. The third-order valence-electron chi connectivity index (χ3n) is 3.49. The third kappa shape index (κ3) is 7.59. The summed E-state index contributed by atoms with van der Waals surface area (Å²) in [6.45, 7) is 6.82. The number of hydrogen-bond donors (Lipinski definition) is 2. The second-order valence-electron chi connectivity index (χ2n) is 7.10. The molecule has 2 rings (SSSR count). The Kier molecular flexibility index (Phi) is 7.86. The Morgan fingerprint density at radius 1 is 1.29 bits per heavy atom. The first-order valence-electron chi connectivity index (χ1n) is 9.02. The van der Waals surface area contributed by atoms with Gasteiger partial charge in [0.05, 0.1) is 11.9 Å². The second-order valence-corrected chi connectivity index (χ2v) is 8.32. The highest BCUT2D eigenvalue weighted by Crippen LogP contribution is 2.16. The number of carbonyl (C=O) groups excluding carboxylic acids is 1. The fourth-order valence-corrected chi connectivity index (χ4v) is 3.09. The molecule has 0 saturated carbocycles. The van der Waals surface area contributed by atoms with Crippen LogP contribution in [-0.2, 0) is 11.3 Å². The Morgan fingerprint density at radius 2 is 2.07 bits per heavy atom. The molecule has 8 nitrogen and oxygen atoms in total. The quantitative estimate of drug-likeness (QED) is 0.615. The van der Waals surface area contributed by atoms with Crippen molar-refractivity contribution in [3.05, 3.63) is 36.3 Å². The van der Waals surface area contributed by atoms with Crippen molar-refractivity contribution in [1.29, 1.82) is 0 Å². The van der Waals surface area contributed by atoms with Crippen molar-refractivity contribution < 1.29 is 19.4 Å². The van der Waals surface area contributed by atoms with E-state index in [1.807, 2.05) is 31.6 Å². The predicted molar refractivity (Wildman–Crippen MR) is 109 cm³/mol. The molecule has 0 spiro atoms. The lowest BCUT2D eigenvalue weighted by atomic mass is 10.2. The third-order valence-corrected chi connectivity index (χ3v) is 4.56. The van der Waals surface area contributed by atoms with Crippen LogP contribution in [0.15, 0.2) is 30.6 Å². The number of ether oxygens (including phenoxy) is 1. The van der Waals surface area contributed by atoms with Crippen LogP contribution in [-0.4, -0.2) is 55.6 Å². The van der Waals surface area contributed by atoms with Gasteiger partial charge in [-0.25, -0.2) is 14.6 Å². The fourth-order valence-electron chi connectivity index (χ4n) is 2.30. The summed E-state index contributed by atoms with van der Waals surface area (Å²) in [5.41, 5.74) is 0.914. The van der Waals surface area contributed by atoms with Gasteiger partial charge in [-0.15, -0.1) is 0 Å². The highest BCUT2D eigenvalue weighted by Gasteiger charge is 2.15. The largest absolute Gasteiger partial charge is 0.477 e. The molecule has 0 radical (unpaired) electrons. The van der Waals surface area contributed by atoms with Crippen molar-refractivity contribution in [2.75, 3.05) is 18.1 Å². The van der Waals surface area contributed by atoms with Crippen molar-refractivity contribution >= 4 is 23.8 Å². The second kappa shape index (κ2) is 10.1. The Bertz CT molecular complexity index is 801. The van der Waals surface area contributed by atoms with Crippen molar-refractivity contribution in [2.24, 2.45) is 0 Å². The smallest absolute Gasteiger partial charge is 0.407 e. The molecular formula is C19H26N4O4S. The van der Waals surface area contributed by atoms with Crippen LogP contribution in [0.3, 0.4) is 0 Å². The standard InChI is InChI=1S/C19H26N4O4S/c1-19(2,3)27-18(26)20-8-11-28-10-5-9-23-13-14(12-21-23)15-6-4-7-16(22-15)17(24)25/h4,6-7,12-13H,5,8-11H2,1-3H3,(H,20,26)(H,24,25). The van der Waals surface area contributed by atoms with Gasteiger partial charge in [-0.2, -0.15) is 16.9 Å². The van der Waals surface area contributed by atoms with Gasteiger partial charge in [0.15, 0.2) is 0 Å².